The number of carbonyl (C=O) groups excluding carboxylic acids is 1. The lowest BCUT2D eigenvalue weighted by Gasteiger charge is -2.42. The summed E-state index contributed by atoms with van der Waals surface area (Å²) < 4.78 is 10.8. The molecule has 8 nitrogen and oxygen atoms in total. The van der Waals surface area contributed by atoms with Crippen molar-refractivity contribution in [3.63, 3.8) is 0 Å². The van der Waals surface area contributed by atoms with Gasteiger partial charge >= 0.3 is 0 Å². The lowest BCUT2D eigenvalue weighted by Crippen LogP contribution is -2.49. The average molecular weight is 399 g/mol. The van der Waals surface area contributed by atoms with Gasteiger partial charge in [0.05, 0.1) is 12.6 Å². The standard InChI is InChI=1S/C21H29N5O3/c1-28-16-5-6-17-18(13-16)23-19(25-24-17)20(27)22-14-21(7-11-29-12-8-21)15-26-9-3-2-4-10-26/h5-6,13H,2-4,7-12,14-15H2,1H3,(H,22,27). The van der Waals surface area contributed by atoms with Crippen molar-refractivity contribution in [3.05, 3.63) is 24.0 Å². The van der Waals surface area contributed by atoms with Crippen LogP contribution >= 0.6 is 0 Å². The van der Waals surface area contributed by atoms with Crippen molar-refractivity contribution < 1.29 is 14.3 Å². The number of nitrogens with zero attached hydrogens (tertiary/aromatic N) is 4. The van der Waals surface area contributed by atoms with E-state index in [1.165, 1.54) is 19.3 Å². The van der Waals surface area contributed by atoms with Crippen molar-refractivity contribution >= 4 is 16.9 Å². The van der Waals surface area contributed by atoms with Gasteiger partial charge in [0.15, 0.2) is 0 Å². The van der Waals surface area contributed by atoms with Crippen molar-refractivity contribution in [3.8, 4) is 5.75 Å². The number of benzene rings is 1. The Balaban J connectivity index is 1.45. The van der Waals surface area contributed by atoms with E-state index in [0.717, 1.165) is 45.7 Å². The minimum atomic E-state index is -0.285. The molecule has 0 aliphatic carbocycles. The van der Waals surface area contributed by atoms with Gasteiger partial charge in [0.25, 0.3) is 5.91 Å². The number of carbonyl (C=O) groups is 1. The van der Waals surface area contributed by atoms with Gasteiger partial charge in [-0.25, -0.2) is 4.98 Å². The highest BCUT2D eigenvalue weighted by Gasteiger charge is 2.35. The van der Waals surface area contributed by atoms with Gasteiger partial charge in [-0.1, -0.05) is 6.42 Å². The van der Waals surface area contributed by atoms with E-state index in [0.29, 0.717) is 23.3 Å². The first-order valence-electron chi connectivity index (χ1n) is 10.4. The number of hydrogen-bond donors (Lipinski definition) is 1. The zero-order valence-electron chi connectivity index (χ0n) is 17.0. The fraction of sp³-hybridized carbons (Fsp3) is 0.619. The predicted octanol–water partition coefficient (Wildman–Crippen LogP) is 2.05. The van der Waals surface area contributed by atoms with Crippen molar-refractivity contribution in [1.29, 1.82) is 0 Å². The summed E-state index contributed by atoms with van der Waals surface area (Å²) in [4.78, 5) is 19.7. The van der Waals surface area contributed by atoms with Gasteiger partial charge in [0, 0.05) is 37.8 Å². The molecule has 4 rings (SSSR count). The molecule has 29 heavy (non-hydrogen) atoms. The summed E-state index contributed by atoms with van der Waals surface area (Å²) in [5.41, 5.74) is 1.27. The Hall–Kier alpha value is -2.32. The van der Waals surface area contributed by atoms with Gasteiger partial charge < -0.3 is 19.7 Å². The smallest absolute Gasteiger partial charge is 0.291 e. The second-order valence-electron chi connectivity index (χ2n) is 8.12. The third kappa shape index (κ3) is 4.82. The number of nitrogens with one attached hydrogen (secondary N) is 1. The second-order valence-corrected chi connectivity index (χ2v) is 8.12. The molecule has 2 aliphatic heterocycles. The van der Waals surface area contributed by atoms with Gasteiger partial charge in [0.1, 0.15) is 11.3 Å². The Morgan fingerprint density at radius 1 is 1.17 bits per heavy atom. The molecule has 2 aromatic rings. The van der Waals surface area contributed by atoms with Crippen molar-refractivity contribution in [1.82, 2.24) is 25.4 Å². The topological polar surface area (TPSA) is 89.5 Å². The fourth-order valence-corrected chi connectivity index (χ4v) is 4.27. The zero-order valence-corrected chi connectivity index (χ0v) is 17.0. The van der Waals surface area contributed by atoms with E-state index < -0.39 is 0 Å². The lowest BCUT2D eigenvalue weighted by molar-refractivity contribution is -0.00676. The summed E-state index contributed by atoms with van der Waals surface area (Å²) in [6.45, 7) is 5.40. The van der Waals surface area contributed by atoms with E-state index in [4.69, 9.17) is 9.47 Å². The number of ether oxygens (including phenoxy) is 2. The van der Waals surface area contributed by atoms with E-state index in [9.17, 15) is 4.79 Å². The molecule has 0 bridgehead atoms. The van der Waals surface area contributed by atoms with Crippen molar-refractivity contribution in [2.24, 2.45) is 5.41 Å². The second kappa shape index (κ2) is 9.00. The Morgan fingerprint density at radius 3 is 2.72 bits per heavy atom. The van der Waals surface area contributed by atoms with Crippen LogP contribution in [0.25, 0.3) is 11.0 Å². The predicted molar refractivity (Wildman–Crippen MR) is 109 cm³/mol. The molecule has 0 radical (unpaired) electrons. The van der Waals surface area contributed by atoms with Crippen LogP contribution in [0.3, 0.4) is 0 Å². The molecule has 0 spiro atoms. The minimum Gasteiger partial charge on any atom is -0.497 e. The van der Waals surface area contributed by atoms with Gasteiger partial charge in [-0.2, -0.15) is 0 Å². The molecule has 1 amide bonds. The third-order valence-electron chi connectivity index (χ3n) is 6.05. The SMILES string of the molecule is COc1ccc2nnc(C(=O)NCC3(CN4CCCCC4)CCOCC3)nc2c1. The number of fused-ring (bicyclic) bond motifs is 1. The van der Waals surface area contributed by atoms with Crippen molar-refractivity contribution in [2.45, 2.75) is 32.1 Å². The van der Waals surface area contributed by atoms with E-state index in [1.807, 2.05) is 0 Å². The van der Waals surface area contributed by atoms with Crippen LogP contribution in [0.1, 0.15) is 42.7 Å². The summed E-state index contributed by atoms with van der Waals surface area (Å²) in [7, 11) is 1.60. The summed E-state index contributed by atoms with van der Waals surface area (Å²) in [6, 6.07) is 5.34. The van der Waals surface area contributed by atoms with E-state index in [2.05, 4.69) is 25.4 Å². The molecule has 0 atom stereocenters. The molecule has 8 heteroatoms. The number of likely N-dealkylation sites (tertiary alicyclic amines) is 1. The Morgan fingerprint density at radius 2 is 1.97 bits per heavy atom. The van der Waals surface area contributed by atoms with E-state index >= 15 is 0 Å². The molecule has 1 aromatic carbocycles. The van der Waals surface area contributed by atoms with Gasteiger partial charge in [-0.3, -0.25) is 4.79 Å². The fourth-order valence-electron chi connectivity index (χ4n) is 4.27. The summed E-state index contributed by atoms with van der Waals surface area (Å²) in [6.07, 6.45) is 5.76. The van der Waals surface area contributed by atoms with Gasteiger partial charge in [-0.05, 0) is 50.9 Å². The van der Waals surface area contributed by atoms with E-state index in [1.54, 1.807) is 25.3 Å². The van der Waals surface area contributed by atoms with Crippen LogP contribution in [0, 0.1) is 5.41 Å². The van der Waals surface area contributed by atoms with E-state index in [-0.39, 0.29) is 17.1 Å². The zero-order chi connectivity index (χ0) is 20.1. The Kier molecular flexibility index (Phi) is 6.20. The van der Waals surface area contributed by atoms with Crippen LogP contribution in [-0.2, 0) is 4.74 Å². The molecular formula is C21H29N5O3. The molecule has 0 saturated carbocycles. The van der Waals surface area contributed by atoms with Crippen LogP contribution in [-0.4, -0.2) is 72.5 Å². The first kappa shape index (κ1) is 20.0. The molecule has 1 aromatic heterocycles. The number of hydrogen-bond acceptors (Lipinski definition) is 7. The largest absolute Gasteiger partial charge is 0.497 e. The average Bonchev–Trinajstić information content (AvgIpc) is 2.78. The number of amides is 1. The Bertz CT molecular complexity index is 847. The molecule has 2 aliphatic rings. The summed E-state index contributed by atoms with van der Waals surface area (Å²) >= 11 is 0. The molecule has 2 saturated heterocycles. The number of piperidine rings is 1. The highest BCUT2D eigenvalue weighted by Crippen LogP contribution is 2.32. The van der Waals surface area contributed by atoms with Gasteiger partial charge in [-0.15, -0.1) is 10.2 Å². The number of methoxy groups -OCH3 is 1. The summed E-state index contributed by atoms with van der Waals surface area (Å²) in [5.74, 6) is 0.477. The minimum absolute atomic E-state index is 0.0404. The number of aromatic nitrogens is 3. The van der Waals surface area contributed by atoms with Crippen LogP contribution in [0.5, 0.6) is 5.75 Å². The molecule has 2 fully saturated rings. The van der Waals surface area contributed by atoms with Crippen LogP contribution in [0.4, 0.5) is 0 Å². The van der Waals surface area contributed by atoms with Crippen LogP contribution < -0.4 is 10.1 Å². The molecule has 1 N–H and O–H groups in total. The highest BCUT2D eigenvalue weighted by molar-refractivity contribution is 5.92. The molecular weight excluding hydrogens is 370 g/mol. The first-order valence-corrected chi connectivity index (χ1v) is 10.4. The third-order valence-corrected chi connectivity index (χ3v) is 6.05. The van der Waals surface area contributed by atoms with Gasteiger partial charge in [0.2, 0.25) is 5.82 Å². The molecule has 3 heterocycles. The number of rotatable bonds is 6. The maximum absolute atomic E-state index is 12.8. The molecule has 156 valence electrons. The van der Waals surface area contributed by atoms with Crippen molar-refractivity contribution in [2.75, 3.05) is 46.5 Å². The monoisotopic (exact) mass is 399 g/mol. The quantitative estimate of drug-likeness (QED) is 0.795. The molecule has 0 unspecified atom stereocenters. The maximum Gasteiger partial charge on any atom is 0.291 e. The van der Waals surface area contributed by atoms with Crippen LogP contribution in [0.15, 0.2) is 18.2 Å². The Labute approximate surface area is 171 Å². The van der Waals surface area contributed by atoms with Crippen LogP contribution in [0.2, 0.25) is 0 Å². The highest BCUT2D eigenvalue weighted by atomic mass is 16.5. The first-order chi connectivity index (χ1) is 14.2. The normalized spacial score (nSPS) is 19.8. The summed E-state index contributed by atoms with van der Waals surface area (Å²) in [5, 5.41) is 11.2. The lowest BCUT2D eigenvalue weighted by atomic mass is 9.79. The maximum atomic E-state index is 12.8.